The van der Waals surface area contributed by atoms with E-state index in [0.29, 0.717) is 11.3 Å². The highest BCUT2D eigenvalue weighted by atomic mass is 19.1. The smallest absolute Gasteiger partial charge is 0.318 e. The minimum absolute atomic E-state index is 0.375. The Labute approximate surface area is 98.5 Å². The molecule has 0 bridgehead atoms. The van der Waals surface area contributed by atoms with Gasteiger partial charge in [-0.15, -0.1) is 0 Å². The largest absolute Gasteiger partial charge is 0.480 e. The Bertz CT molecular complexity index is 469. The van der Waals surface area contributed by atoms with Crippen LogP contribution in [-0.2, 0) is 9.59 Å². The number of anilines is 1. The molecule has 92 valence electrons. The first kappa shape index (κ1) is 13.2. The number of carbonyl (C=O) groups is 2. The molecule has 1 aromatic rings. The number of hydrogen-bond donors (Lipinski definition) is 2. The van der Waals surface area contributed by atoms with E-state index in [0.717, 1.165) is 0 Å². The summed E-state index contributed by atoms with van der Waals surface area (Å²) >= 11 is 0. The molecule has 0 saturated carbocycles. The molecule has 0 saturated heterocycles. The van der Waals surface area contributed by atoms with Crippen molar-refractivity contribution in [2.24, 2.45) is 5.41 Å². The standard InChI is InChI=1S/C12H14FNO3/c1-7-6-8(4-5-9(7)13)14-10(15)12(2,3)11(16)17/h4-6H,1-3H3,(H,14,15)(H,16,17). The number of carboxylic acid groups (broad SMARTS) is 1. The number of carboxylic acids is 1. The first-order valence-electron chi connectivity index (χ1n) is 5.06. The molecule has 2 N–H and O–H groups in total. The quantitative estimate of drug-likeness (QED) is 0.794. The van der Waals surface area contributed by atoms with E-state index in [4.69, 9.17) is 5.11 Å². The lowest BCUT2D eigenvalue weighted by atomic mass is 9.92. The van der Waals surface area contributed by atoms with Gasteiger partial charge in [-0.1, -0.05) is 0 Å². The summed E-state index contributed by atoms with van der Waals surface area (Å²) < 4.78 is 13.0. The van der Waals surface area contributed by atoms with Gasteiger partial charge in [0.05, 0.1) is 0 Å². The van der Waals surface area contributed by atoms with Gasteiger partial charge in [0.2, 0.25) is 5.91 Å². The molecule has 4 nitrogen and oxygen atoms in total. The molecule has 0 radical (unpaired) electrons. The van der Waals surface area contributed by atoms with Crippen LogP contribution in [0.25, 0.3) is 0 Å². The number of carbonyl (C=O) groups excluding carboxylic acids is 1. The van der Waals surface area contributed by atoms with Crippen molar-refractivity contribution in [3.63, 3.8) is 0 Å². The lowest BCUT2D eigenvalue weighted by molar-refractivity contribution is -0.151. The average molecular weight is 239 g/mol. The summed E-state index contributed by atoms with van der Waals surface area (Å²) in [6.07, 6.45) is 0. The molecule has 1 aromatic carbocycles. The summed E-state index contributed by atoms with van der Waals surface area (Å²) in [6.45, 7) is 4.18. The highest BCUT2D eigenvalue weighted by Gasteiger charge is 2.35. The molecular formula is C12H14FNO3. The number of halogens is 1. The molecule has 0 atom stereocenters. The molecule has 0 aliphatic carbocycles. The summed E-state index contributed by atoms with van der Waals surface area (Å²) in [7, 11) is 0. The fourth-order valence-corrected chi connectivity index (χ4v) is 1.11. The van der Waals surface area contributed by atoms with E-state index in [-0.39, 0.29) is 5.82 Å². The molecule has 0 unspecified atom stereocenters. The fraction of sp³-hybridized carbons (Fsp3) is 0.333. The second-order valence-electron chi connectivity index (χ2n) is 4.35. The maximum Gasteiger partial charge on any atom is 0.318 e. The van der Waals surface area contributed by atoms with Crippen LogP contribution in [0.4, 0.5) is 10.1 Å². The van der Waals surface area contributed by atoms with Gasteiger partial charge in [0, 0.05) is 5.69 Å². The van der Waals surface area contributed by atoms with Gasteiger partial charge in [0.25, 0.3) is 0 Å². The number of aryl methyl sites for hydroxylation is 1. The van der Waals surface area contributed by atoms with Crippen LogP contribution < -0.4 is 5.32 Å². The van der Waals surface area contributed by atoms with E-state index in [1.807, 2.05) is 0 Å². The number of rotatable bonds is 3. The highest BCUT2D eigenvalue weighted by molar-refractivity contribution is 6.07. The van der Waals surface area contributed by atoms with Crippen LogP contribution in [0, 0.1) is 18.2 Å². The van der Waals surface area contributed by atoms with Crippen molar-refractivity contribution >= 4 is 17.6 Å². The lowest BCUT2D eigenvalue weighted by Gasteiger charge is -2.18. The number of benzene rings is 1. The van der Waals surface area contributed by atoms with Gasteiger partial charge in [0.15, 0.2) is 0 Å². The number of nitrogens with one attached hydrogen (secondary N) is 1. The number of amides is 1. The Morgan fingerprint density at radius 3 is 2.41 bits per heavy atom. The molecular weight excluding hydrogens is 225 g/mol. The van der Waals surface area contributed by atoms with Crippen LogP contribution in [0.2, 0.25) is 0 Å². The third-order valence-electron chi connectivity index (χ3n) is 2.52. The van der Waals surface area contributed by atoms with E-state index in [1.165, 1.54) is 32.0 Å². The van der Waals surface area contributed by atoms with E-state index >= 15 is 0 Å². The lowest BCUT2D eigenvalue weighted by Crippen LogP contribution is -2.37. The predicted octanol–water partition coefficient (Wildman–Crippen LogP) is 2.18. The molecule has 0 aliphatic rings. The van der Waals surface area contributed by atoms with Gasteiger partial charge < -0.3 is 10.4 Å². The Kier molecular flexibility index (Phi) is 3.50. The zero-order valence-corrected chi connectivity index (χ0v) is 9.87. The number of hydrogen-bond acceptors (Lipinski definition) is 2. The van der Waals surface area contributed by atoms with E-state index in [2.05, 4.69) is 5.32 Å². The molecule has 0 spiro atoms. The van der Waals surface area contributed by atoms with Crippen LogP contribution in [0.15, 0.2) is 18.2 Å². The van der Waals surface area contributed by atoms with Crippen molar-refractivity contribution < 1.29 is 19.1 Å². The topological polar surface area (TPSA) is 66.4 Å². The monoisotopic (exact) mass is 239 g/mol. The van der Waals surface area contributed by atoms with Crippen LogP contribution >= 0.6 is 0 Å². The van der Waals surface area contributed by atoms with Gasteiger partial charge >= 0.3 is 5.97 Å². The Morgan fingerprint density at radius 1 is 1.35 bits per heavy atom. The highest BCUT2D eigenvalue weighted by Crippen LogP contribution is 2.20. The minimum atomic E-state index is -1.53. The Morgan fingerprint density at radius 2 is 1.94 bits per heavy atom. The van der Waals surface area contributed by atoms with Crippen molar-refractivity contribution in [3.05, 3.63) is 29.6 Å². The second kappa shape index (κ2) is 4.53. The minimum Gasteiger partial charge on any atom is -0.480 e. The Hall–Kier alpha value is -1.91. The zero-order valence-electron chi connectivity index (χ0n) is 9.87. The molecule has 0 heterocycles. The van der Waals surface area contributed by atoms with Crippen molar-refractivity contribution in [1.82, 2.24) is 0 Å². The summed E-state index contributed by atoms with van der Waals surface area (Å²) in [4.78, 5) is 22.5. The third kappa shape index (κ3) is 2.81. The molecule has 1 amide bonds. The van der Waals surface area contributed by atoms with Crippen molar-refractivity contribution in [2.45, 2.75) is 20.8 Å². The van der Waals surface area contributed by atoms with E-state index in [1.54, 1.807) is 6.92 Å². The summed E-state index contributed by atoms with van der Waals surface area (Å²) in [5, 5.41) is 11.3. The first-order chi connectivity index (χ1) is 7.75. The predicted molar refractivity (Wildman–Crippen MR) is 61.2 cm³/mol. The molecule has 17 heavy (non-hydrogen) atoms. The molecule has 1 rings (SSSR count). The van der Waals surface area contributed by atoms with Gasteiger partial charge in [-0.2, -0.15) is 0 Å². The normalized spacial score (nSPS) is 11.1. The van der Waals surface area contributed by atoms with Crippen LogP contribution in [-0.4, -0.2) is 17.0 Å². The molecule has 0 fully saturated rings. The summed E-state index contributed by atoms with van der Waals surface area (Å²) in [5.74, 6) is -2.23. The maximum absolute atomic E-state index is 13.0. The van der Waals surface area contributed by atoms with Gasteiger partial charge in [0.1, 0.15) is 11.2 Å². The zero-order chi connectivity index (χ0) is 13.2. The van der Waals surface area contributed by atoms with Crippen molar-refractivity contribution in [2.75, 3.05) is 5.32 Å². The maximum atomic E-state index is 13.0. The fourth-order valence-electron chi connectivity index (χ4n) is 1.11. The van der Waals surface area contributed by atoms with Crippen molar-refractivity contribution in [3.8, 4) is 0 Å². The Balaban J connectivity index is 2.89. The SMILES string of the molecule is Cc1cc(NC(=O)C(C)(C)C(=O)O)ccc1F. The molecule has 5 heteroatoms. The van der Waals surface area contributed by atoms with Crippen LogP contribution in [0.3, 0.4) is 0 Å². The number of aliphatic carboxylic acids is 1. The summed E-state index contributed by atoms with van der Waals surface area (Å²) in [6, 6.07) is 4.06. The second-order valence-corrected chi connectivity index (χ2v) is 4.35. The van der Waals surface area contributed by atoms with E-state index < -0.39 is 17.3 Å². The first-order valence-corrected chi connectivity index (χ1v) is 5.06. The summed E-state index contributed by atoms with van der Waals surface area (Å²) in [5.41, 5.74) is -0.762. The third-order valence-corrected chi connectivity index (χ3v) is 2.52. The van der Waals surface area contributed by atoms with Gasteiger partial charge in [-0.05, 0) is 44.5 Å². The molecule has 0 aromatic heterocycles. The molecule has 0 aliphatic heterocycles. The average Bonchev–Trinajstić information content (AvgIpc) is 2.23. The van der Waals surface area contributed by atoms with Crippen molar-refractivity contribution in [1.29, 1.82) is 0 Å². The van der Waals surface area contributed by atoms with Gasteiger partial charge in [-0.25, -0.2) is 4.39 Å². The van der Waals surface area contributed by atoms with E-state index in [9.17, 15) is 14.0 Å². The van der Waals surface area contributed by atoms with Crippen LogP contribution in [0.5, 0.6) is 0 Å². The van der Waals surface area contributed by atoms with Gasteiger partial charge in [-0.3, -0.25) is 9.59 Å². The van der Waals surface area contributed by atoms with Crippen LogP contribution in [0.1, 0.15) is 19.4 Å².